The van der Waals surface area contributed by atoms with Gasteiger partial charge in [0.05, 0.1) is 44.1 Å². The fourth-order valence-electron chi connectivity index (χ4n) is 20.8. The zero-order valence-electron chi connectivity index (χ0n) is 80.3. The molecule has 4 spiro atoms. The van der Waals surface area contributed by atoms with Gasteiger partial charge >= 0.3 is 38.1 Å². The number of carbonyl (C=O) groups excluding carboxylic acids is 2. The molecule has 0 aromatic heterocycles. The van der Waals surface area contributed by atoms with Crippen molar-refractivity contribution in [1.29, 1.82) is 6.04 Å². The topological polar surface area (TPSA) is 182 Å². The number of amides is 2. The molecule has 2 saturated heterocycles. The standard InChI is InChI=1S/C23H28N4O3.C22H28BrN3O3.4C18H15P.CH2F.CN.Cu.Pd.H/c1-25-16-6-5-15-13-22(9-7-17(29-2)8-10-22)23(19(15)12-16)20(28)27(21(24)26-23)14-18-4-3-11-30-18;1-28-16-6-8-21(9-7-16)12-14-4-5-15(23)11-18(14)22(21)19(27)26(20(24)25-22)13-17-3-2-10-29-17;4*1-4-10-16(11-5-1)19(17-12-6-2-7-13-17)18-14-8-3-9-15-18;2*1-2;;;/h5-6,12,17-18H,3-4,7-11,13-14H2,2H3,(H2,24,26);4-5,11,16-17H,2-3,6-10,12-13H2,1H3,(H2,24,25);4*1-15H;1H2;;;;/q;;;;;;2*-1;2*+1;/i;;;;;;;;;;1+1. The smallest absolute Gasteiger partial charge is 0.512 e. The van der Waals surface area contributed by atoms with Crippen LogP contribution < -0.4 is 75.1 Å². The summed E-state index contributed by atoms with van der Waals surface area (Å²) in [5, 5.41) is 23.0. The normalized spacial score (nSPS) is 20.8. The molecule has 14 aromatic rings. The number of nitrogens with two attached hydrogens (primary N) is 2. The number of hydrogen-bond acceptors (Lipinski definition) is 11. The van der Waals surface area contributed by atoms with E-state index in [1.54, 1.807) is 31.2 Å². The van der Waals surface area contributed by atoms with Crippen LogP contribution in [0.2, 0.25) is 0 Å². The van der Waals surface area contributed by atoms with E-state index in [4.69, 9.17) is 59.6 Å². The number of carbonyl (C=O) groups is 2. The van der Waals surface area contributed by atoms with E-state index < -0.39 is 42.8 Å². The molecule has 4 atom stereocenters. The molecule has 4 unspecified atom stereocenters. The fraction of sp³-hybridized carbons (Fsp3) is 0.235. The van der Waals surface area contributed by atoms with Crippen molar-refractivity contribution in [1.82, 2.24) is 9.80 Å². The number of ether oxygens (including phenoxy) is 4. The first-order valence-electron chi connectivity index (χ1n) is 47.9. The van der Waals surface area contributed by atoms with Gasteiger partial charge in [0.25, 0.3) is 11.8 Å². The second-order valence-corrected chi connectivity index (χ2v) is 45.2. The maximum Gasteiger partial charge on any atom is 1.00 e. The van der Waals surface area contributed by atoms with Crippen LogP contribution in [0.1, 0.15) is 99.3 Å². The Labute approximate surface area is 870 Å². The van der Waals surface area contributed by atoms with Gasteiger partial charge in [0.2, 0.25) is 0 Å². The van der Waals surface area contributed by atoms with Gasteiger partial charge < -0.3 is 46.6 Å². The Hall–Kier alpha value is -10.9. The van der Waals surface area contributed by atoms with E-state index in [9.17, 15) is 14.0 Å². The van der Waals surface area contributed by atoms with Gasteiger partial charge in [-0.25, -0.2) is 14.8 Å². The van der Waals surface area contributed by atoms with E-state index in [2.05, 4.69) is 403 Å². The van der Waals surface area contributed by atoms with Crippen LogP contribution in [0.4, 0.5) is 10.1 Å². The molecular formula is C119H119BrCuFN8O6P4Pd. The molecule has 2 amide bonds. The number of rotatable bonds is 18. The third-order valence-corrected chi connectivity index (χ3v) is 37.6. The molecule has 4 heterocycles. The summed E-state index contributed by atoms with van der Waals surface area (Å²) in [4.78, 5) is 45.0. The molecule has 726 valence electrons. The largest absolute Gasteiger partial charge is 1.00 e. The average Bonchev–Trinajstić information content (AvgIpc) is 1.52. The summed E-state index contributed by atoms with van der Waals surface area (Å²) in [6, 6.07) is 141. The van der Waals surface area contributed by atoms with E-state index in [0.29, 0.717) is 24.7 Å². The van der Waals surface area contributed by atoms with E-state index in [1.165, 1.54) is 69.2 Å². The molecule has 22 rings (SSSR count). The van der Waals surface area contributed by atoms with Gasteiger partial charge in [-0.3, -0.25) is 19.4 Å². The zero-order chi connectivity index (χ0) is 98.8. The van der Waals surface area contributed by atoms with Crippen molar-refractivity contribution < 1.29 is 70.3 Å². The first-order chi connectivity index (χ1) is 69.3. The quantitative estimate of drug-likeness (QED) is 0.0480. The number of fused-ring (bicyclic) bond motifs is 6. The molecule has 14 aromatic carbocycles. The van der Waals surface area contributed by atoms with Gasteiger partial charge in [0, 0.05) is 42.7 Å². The first kappa shape index (κ1) is 106. The average molecular weight is 2150 g/mol. The van der Waals surface area contributed by atoms with Crippen molar-refractivity contribution in [2.45, 2.75) is 125 Å². The molecule has 0 radical (unpaired) electrons. The second-order valence-electron chi connectivity index (χ2n) is 35.4. The fourth-order valence-corrected chi connectivity index (χ4v) is 30.4. The summed E-state index contributed by atoms with van der Waals surface area (Å²) in [7, 11) is 3.50. The summed E-state index contributed by atoms with van der Waals surface area (Å²) in [6.45, 7) is 14.7. The van der Waals surface area contributed by atoms with Gasteiger partial charge in [-0.05, 0) is 220 Å². The second kappa shape index (κ2) is 52.9. The zero-order valence-corrected chi connectivity index (χ0v) is 87.0. The Morgan fingerprint density at radius 2 is 0.631 bits per heavy atom. The number of methoxy groups -OCH3 is 2. The van der Waals surface area contributed by atoms with Crippen LogP contribution in [0, 0.1) is 36.4 Å². The molecule has 4 fully saturated rings. The number of nitrogens with zero attached hydrogens (tertiary/aromatic N) is 6. The number of benzene rings is 14. The van der Waals surface area contributed by atoms with Crippen LogP contribution in [0.3, 0.4) is 0 Å². The molecule has 141 heavy (non-hydrogen) atoms. The number of halogens is 2. The molecule has 4 aliphatic heterocycles. The summed E-state index contributed by atoms with van der Waals surface area (Å²) in [5.74, 6) is 0.599. The molecule has 4 N–H and O–H groups in total. The molecule has 2 saturated carbocycles. The van der Waals surface area contributed by atoms with Crippen molar-refractivity contribution >= 4 is 141 Å². The third-order valence-electron chi connectivity index (χ3n) is 27.3. The molecule has 14 nitrogen and oxygen atoms in total. The molecule has 4 aliphatic carbocycles. The van der Waals surface area contributed by atoms with E-state index in [0.717, 1.165) is 124 Å². The van der Waals surface area contributed by atoms with Crippen molar-refractivity contribution in [2.75, 3.05) is 40.5 Å². The monoisotopic (exact) mass is 2150 g/mol. The SMILES string of the molecule is COC1CCC2(CC1)Cc1ccc(Br)cc1C21N=C(N)N(CC2CCCO2)C1=O.[2H][Pd+].[C-]#N.[C-]#[N+]c1ccc2c(c1)C1(N=C(N)N(CC3CCCO3)C1=O)C1(CCC(OC)CC1)C2.[CH2-]F.[Cu+].c1ccc(P(c2ccccc2)c2ccccc2)cc1.c1ccc(P(c2ccccc2)c2ccccc2)cc1.c1ccc(P(c2ccccc2)c2ccccc2)cc1.c1ccc(P(c2ccccc2)c2ccccc2)cc1. The van der Waals surface area contributed by atoms with E-state index in [1.807, 2.05) is 38.5 Å². The predicted octanol–water partition coefficient (Wildman–Crippen LogP) is 20.4. The van der Waals surface area contributed by atoms with E-state index in [-0.39, 0.29) is 70.1 Å². The van der Waals surface area contributed by atoms with E-state index >= 15 is 0 Å². The van der Waals surface area contributed by atoms with Crippen LogP contribution in [0.5, 0.6) is 0 Å². The van der Waals surface area contributed by atoms with Crippen LogP contribution in [-0.2, 0) is 89.8 Å². The molecule has 22 heteroatoms. The van der Waals surface area contributed by atoms with Crippen molar-refractivity contribution in [2.24, 2.45) is 32.3 Å². The van der Waals surface area contributed by atoms with Gasteiger partial charge in [-0.1, -0.05) is 404 Å². The van der Waals surface area contributed by atoms with Crippen molar-refractivity contribution in [3.05, 3.63) is 452 Å². The maximum atomic E-state index is 14.1. The Balaban J connectivity index is 0.000000143. The van der Waals surface area contributed by atoms with Crippen LogP contribution >= 0.6 is 47.6 Å². The maximum absolute atomic E-state index is 14.1. The minimum Gasteiger partial charge on any atom is -0.512 e. The predicted molar refractivity (Wildman–Crippen MR) is 579 cm³/mol. The minimum atomic E-state index is -1.04. The van der Waals surface area contributed by atoms with Gasteiger partial charge in [0.15, 0.2) is 28.7 Å². The van der Waals surface area contributed by atoms with Gasteiger partial charge in [-0.2, -0.15) is 7.18 Å². The molecule has 8 aliphatic rings. The number of hydrogen-bond donors (Lipinski definition) is 2. The van der Waals surface area contributed by atoms with Crippen molar-refractivity contribution in [3.63, 3.8) is 0 Å². The number of aliphatic imine (C=N–C) groups is 2. The van der Waals surface area contributed by atoms with Gasteiger partial charge in [-0.15, -0.1) is 0 Å². The van der Waals surface area contributed by atoms with Crippen LogP contribution in [0.25, 0.3) is 4.85 Å². The summed E-state index contributed by atoms with van der Waals surface area (Å²) in [6.07, 6.45) is 13.3. The summed E-state index contributed by atoms with van der Waals surface area (Å²) < 4.78 is 38.6. The number of guanidine groups is 2. The molecular weight excluding hydrogens is 2030 g/mol. The molecule has 0 bridgehead atoms. The van der Waals surface area contributed by atoms with Crippen molar-refractivity contribution in [3.8, 4) is 0 Å². The third kappa shape index (κ3) is 24.9. The Morgan fingerprint density at radius 1 is 0.404 bits per heavy atom. The van der Waals surface area contributed by atoms with Crippen LogP contribution in [0.15, 0.2) is 415 Å². The van der Waals surface area contributed by atoms with Crippen LogP contribution in [-0.4, -0.2) is 99.3 Å². The Morgan fingerprint density at radius 3 is 0.844 bits per heavy atom. The summed E-state index contributed by atoms with van der Waals surface area (Å²) in [5.41, 5.74) is 15.0. The first-order valence-corrected chi connectivity index (χ1v) is 53.7. The van der Waals surface area contributed by atoms with Gasteiger partial charge in [0.1, 0.15) is 0 Å². The minimum absolute atomic E-state index is 0. The Bertz CT molecular complexity index is 5520. The summed E-state index contributed by atoms with van der Waals surface area (Å²) >= 11 is 5.61. The Kier molecular flexibility index (Phi) is 39.7.